The predicted octanol–water partition coefficient (Wildman–Crippen LogP) is 3.07. The fourth-order valence-corrected chi connectivity index (χ4v) is 3.26. The summed E-state index contributed by atoms with van der Waals surface area (Å²) in [5.41, 5.74) is 0.0575. The molecule has 1 aliphatic carbocycles. The Hall–Kier alpha value is -0.570. The van der Waals surface area contributed by atoms with E-state index in [1.54, 1.807) is 0 Å². The summed E-state index contributed by atoms with van der Waals surface area (Å²) in [6.07, 6.45) is 8.14. The first-order chi connectivity index (χ1) is 8.23. The fraction of sp³-hybridized carbons (Fsp3) is 0.929. The van der Waals surface area contributed by atoms with E-state index in [-0.39, 0.29) is 11.6 Å². The molecule has 0 aromatic heterocycles. The summed E-state index contributed by atoms with van der Waals surface area (Å²) in [7, 11) is 0. The van der Waals surface area contributed by atoms with Crippen molar-refractivity contribution in [2.45, 2.75) is 70.5 Å². The molecule has 0 aromatic carbocycles. The van der Waals surface area contributed by atoms with Crippen molar-refractivity contribution < 1.29 is 14.3 Å². The maximum Gasteiger partial charge on any atom is 0.306 e. The molecule has 0 spiro atoms. The van der Waals surface area contributed by atoms with Crippen molar-refractivity contribution in [1.82, 2.24) is 0 Å². The van der Waals surface area contributed by atoms with E-state index in [0.717, 1.165) is 19.3 Å². The number of carbonyl (C=O) groups excluding carboxylic acids is 1. The van der Waals surface area contributed by atoms with E-state index < -0.39 is 0 Å². The Morgan fingerprint density at radius 2 is 2.18 bits per heavy atom. The lowest BCUT2D eigenvalue weighted by atomic mass is 9.87. The molecule has 0 bridgehead atoms. The molecule has 0 radical (unpaired) electrons. The van der Waals surface area contributed by atoms with E-state index in [9.17, 15) is 4.79 Å². The second-order valence-electron chi connectivity index (χ2n) is 5.30. The topological polar surface area (TPSA) is 38.8 Å². The third-order valence-electron chi connectivity index (χ3n) is 4.21. The molecule has 2 unspecified atom stereocenters. The van der Waals surface area contributed by atoms with Gasteiger partial charge in [0.1, 0.15) is 0 Å². The zero-order valence-electron chi connectivity index (χ0n) is 11.0. The summed E-state index contributed by atoms with van der Waals surface area (Å²) in [5, 5.41) is 0. The molecular formula is C14H24O3. The van der Waals surface area contributed by atoms with Gasteiger partial charge in [-0.2, -0.15) is 0 Å². The molecule has 3 nitrogen and oxygen atoms in total. The number of fused-ring (bicyclic) bond motifs is 1. The van der Waals surface area contributed by atoms with E-state index in [1.807, 2.05) is 6.92 Å². The van der Waals surface area contributed by atoms with Crippen molar-refractivity contribution in [3.8, 4) is 0 Å². The molecule has 2 aliphatic rings. The van der Waals surface area contributed by atoms with Gasteiger partial charge in [0.05, 0.1) is 24.7 Å². The van der Waals surface area contributed by atoms with Crippen LogP contribution in [0.2, 0.25) is 0 Å². The fourth-order valence-electron chi connectivity index (χ4n) is 3.26. The average molecular weight is 240 g/mol. The van der Waals surface area contributed by atoms with Crippen molar-refractivity contribution in [1.29, 1.82) is 0 Å². The first kappa shape index (κ1) is 12.9. The molecule has 17 heavy (non-hydrogen) atoms. The number of rotatable bonds is 7. The number of hydrogen-bond donors (Lipinski definition) is 0. The third kappa shape index (κ3) is 2.65. The Balaban J connectivity index is 1.83. The second kappa shape index (κ2) is 5.38. The number of hydrogen-bond acceptors (Lipinski definition) is 3. The lowest BCUT2D eigenvalue weighted by molar-refractivity contribution is -0.144. The summed E-state index contributed by atoms with van der Waals surface area (Å²) in [6, 6.07) is 0. The van der Waals surface area contributed by atoms with E-state index in [1.165, 1.54) is 19.3 Å². The van der Waals surface area contributed by atoms with Crippen molar-refractivity contribution >= 4 is 5.97 Å². The van der Waals surface area contributed by atoms with E-state index in [2.05, 4.69) is 6.92 Å². The van der Waals surface area contributed by atoms with Crippen LogP contribution in [0.15, 0.2) is 0 Å². The van der Waals surface area contributed by atoms with Crippen LogP contribution in [-0.2, 0) is 14.3 Å². The lowest BCUT2D eigenvalue weighted by Crippen LogP contribution is -2.25. The molecule has 2 fully saturated rings. The zero-order valence-corrected chi connectivity index (χ0v) is 11.0. The number of epoxide rings is 1. The van der Waals surface area contributed by atoms with Crippen LogP contribution < -0.4 is 0 Å². The Morgan fingerprint density at radius 3 is 2.82 bits per heavy atom. The molecule has 0 N–H and O–H groups in total. The van der Waals surface area contributed by atoms with Crippen molar-refractivity contribution in [2.75, 3.05) is 6.61 Å². The summed E-state index contributed by atoms with van der Waals surface area (Å²) in [5.74, 6) is 0.354. The van der Waals surface area contributed by atoms with Gasteiger partial charge in [0.2, 0.25) is 0 Å². The van der Waals surface area contributed by atoms with E-state index in [0.29, 0.717) is 25.0 Å². The molecule has 1 saturated carbocycles. The summed E-state index contributed by atoms with van der Waals surface area (Å²) >= 11 is 0. The second-order valence-corrected chi connectivity index (χ2v) is 5.30. The number of esters is 1. The van der Waals surface area contributed by atoms with Gasteiger partial charge in [-0.05, 0) is 26.2 Å². The molecule has 1 aliphatic heterocycles. The van der Waals surface area contributed by atoms with Gasteiger partial charge in [-0.25, -0.2) is 0 Å². The van der Waals surface area contributed by atoms with Crippen LogP contribution in [0, 0.1) is 5.92 Å². The van der Waals surface area contributed by atoms with Crippen LogP contribution in [0.5, 0.6) is 0 Å². The maximum atomic E-state index is 11.6. The summed E-state index contributed by atoms with van der Waals surface area (Å²) in [4.78, 5) is 11.6. The minimum absolute atomic E-state index is 0.0523. The van der Waals surface area contributed by atoms with E-state index >= 15 is 0 Å². The number of carbonyl (C=O) groups is 1. The number of unbranched alkanes of at least 4 members (excludes halogenated alkanes) is 2. The predicted molar refractivity (Wildman–Crippen MR) is 65.7 cm³/mol. The quantitative estimate of drug-likeness (QED) is 0.390. The first-order valence-corrected chi connectivity index (χ1v) is 7.06. The van der Waals surface area contributed by atoms with Crippen LogP contribution in [0.1, 0.15) is 58.8 Å². The monoisotopic (exact) mass is 240 g/mol. The Labute approximate surface area is 104 Å². The molecule has 98 valence electrons. The molecule has 3 heteroatoms. The smallest absolute Gasteiger partial charge is 0.306 e. The van der Waals surface area contributed by atoms with Gasteiger partial charge in [-0.1, -0.05) is 26.2 Å². The lowest BCUT2D eigenvalue weighted by Gasteiger charge is -2.19. The SMILES string of the molecule is CCCCCC12OC1CC[C@@H]2CC(=O)OCC. The molecule has 1 heterocycles. The standard InChI is InChI=1S/C14H24O3/c1-3-5-6-9-14-11(7-8-12(14)17-14)10-13(15)16-4-2/h11-12H,3-10H2,1-2H3/t11-,12?,14?/m1/s1. The third-order valence-corrected chi connectivity index (χ3v) is 4.21. The molecule has 2 rings (SSSR count). The van der Waals surface area contributed by atoms with Gasteiger partial charge in [0, 0.05) is 5.92 Å². The molecule has 3 atom stereocenters. The minimum atomic E-state index is -0.0523. The Morgan fingerprint density at radius 1 is 1.35 bits per heavy atom. The van der Waals surface area contributed by atoms with E-state index in [4.69, 9.17) is 9.47 Å². The Bertz CT molecular complexity index is 277. The highest BCUT2D eigenvalue weighted by Gasteiger charge is 2.64. The molecule has 0 amide bonds. The highest BCUT2D eigenvalue weighted by atomic mass is 16.6. The highest BCUT2D eigenvalue weighted by molar-refractivity contribution is 5.70. The molecule has 0 aromatic rings. The van der Waals surface area contributed by atoms with Gasteiger partial charge < -0.3 is 9.47 Å². The minimum Gasteiger partial charge on any atom is -0.466 e. The molecular weight excluding hydrogens is 216 g/mol. The van der Waals surface area contributed by atoms with Crippen molar-refractivity contribution in [2.24, 2.45) is 5.92 Å². The number of ether oxygens (including phenoxy) is 2. The van der Waals surface area contributed by atoms with Crippen LogP contribution in [0.25, 0.3) is 0 Å². The van der Waals surface area contributed by atoms with Crippen molar-refractivity contribution in [3.05, 3.63) is 0 Å². The van der Waals surface area contributed by atoms with Gasteiger partial charge in [0.15, 0.2) is 0 Å². The highest BCUT2D eigenvalue weighted by Crippen LogP contribution is 2.57. The first-order valence-electron chi connectivity index (χ1n) is 7.06. The van der Waals surface area contributed by atoms with Gasteiger partial charge in [0.25, 0.3) is 0 Å². The summed E-state index contributed by atoms with van der Waals surface area (Å²) in [6.45, 7) is 4.56. The zero-order chi connectivity index (χ0) is 12.3. The molecule has 1 saturated heterocycles. The van der Waals surface area contributed by atoms with Gasteiger partial charge >= 0.3 is 5.97 Å². The van der Waals surface area contributed by atoms with Crippen LogP contribution >= 0.6 is 0 Å². The average Bonchev–Trinajstić information content (AvgIpc) is 2.91. The normalized spacial score (nSPS) is 34.5. The summed E-state index contributed by atoms with van der Waals surface area (Å²) < 4.78 is 10.9. The van der Waals surface area contributed by atoms with Crippen LogP contribution in [0.3, 0.4) is 0 Å². The van der Waals surface area contributed by atoms with Gasteiger partial charge in [-0.3, -0.25) is 4.79 Å². The van der Waals surface area contributed by atoms with Crippen LogP contribution in [-0.4, -0.2) is 24.3 Å². The largest absolute Gasteiger partial charge is 0.466 e. The van der Waals surface area contributed by atoms with Crippen molar-refractivity contribution in [3.63, 3.8) is 0 Å². The maximum absolute atomic E-state index is 11.6. The van der Waals surface area contributed by atoms with Crippen LogP contribution in [0.4, 0.5) is 0 Å². The van der Waals surface area contributed by atoms with Gasteiger partial charge in [-0.15, -0.1) is 0 Å². The Kier molecular flexibility index (Phi) is 4.08.